The summed E-state index contributed by atoms with van der Waals surface area (Å²) in [5, 5.41) is 13.9. The van der Waals surface area contributed by atoms with Gasteiger partial charge in [0.05, 0.1) is 4.92 Å². The highest BCUT2D eigenvalue weighted by molar-refractivity contribution is 5.48. The Kier molecular flexibility index (Phi) is 4.47. The van der Waals surface area contributed by atoms with Crippen molar-refractivity contribution in [2.45, 2.75) is 26.3 Å². The van der Waals surface area contributed by atoms with Gasteiger partial charge in [-0.05, 0) is 43.5 Å². The third-order valence-corrected chi connectivity index (χ3v) is 3.11. The van der Waals surface area contributed by atoms with Gasteiger partial charge in [-0.25, -0.2) is 9.37 Å². The van der Waals surface area contributed by atoms with Crippen molar-refractivity contribution in [3.8, 4) is 0 Å². The van der Waals surface area contributed by atoms with Crippen molar-refractivity contribution in [3.05, 3.63) is 63.6 Å². The summed E-state index contributed by atoms with van der Waals surface area (Å²) >= 11 is 0. The first-order valence-electron chi connectivity index (χ1n) is 6.57. The highest BCUT2D eigenvalue weighted by atomic mass is 19.1. The highest BCUT2D eigenvalue weighted by Gasteiger charge is 2.11. The van der Waals surface area contributed by atoms with Crippen molar-refractivity contribution in [2.24, 2.45) is 0 Å². The van der Waals surface area contributed by atoms with Crippen LogP contribution in [-0.4, -0.2) is 15.9 Å². The summed E-state index contributed by atoms with van der Waals surface area (Å²) in [4.78, 5) is 14.3. The highest BCUT2D eigenvalue weighted by Crippen LogP contribution is 2.19. The zero-order chi connectivity index (χ0) is 15.4. The van der Waals surface area contributed by atoms with Crippen LogP contribution in [0.4, 0.5) is 15.9 Å². The molecule has 0 saturated carbocycles. The van der Waals surface area contributed by atoms with Gasteiger partial charge < -0.3 is 5.32 Å². The minimum Gasteiger partial charge on any atom is -0.367 e. The van der Waals surface area contributed by atoms with Crippen molar-refractivity contribution in [3.63, 3.8) is 0 Å². The van der Waals surface area contributed by atoms with Gasteiger partial charge in [0.2, 0.25) is 0 Å². The Balaban J connectivity index is 2.04. The second-order valence-corrected chi connectivity index (χ2v) is 4.99. The first-order chi connectivity index (χ1) is 9.95. The third-order valence-electron chi connectivity index (χ3n) is 3.11. The van der Waals surface area contributed by atoms with Crippen LogP contribution in [0.15, 0.2) is 36.5 Å². The van der Waals surface area contributed by atoms with Crippen molar-refractivity contribution in [1.82, 2.24) is 4.98 Å². The topological polar surface area (TPSA) is 68.1 Å². The molecule has 2 aromatic rings. The number of nitro groups is 1. The van der Waals surface area contributed by atoms with E-state index in [1.54, 1.807) is 19.1 Å². The lowest BCUT2D eigenvalue weighted by Crippen LogP contribution is -2.19. The molecule has 0 amide bonds. The van der Waals surface area contributed by atoms with Gasteiger partial charge in [-0.2, -0.15) is 0 Å². The number of hydrogen-bond donors (Lipinski definition) is 1. The number of pyridine rings is 1. The van der Waals surface area contributed by atoms with Crippen LogP contribution in [0.3, 0.4) is 0 Å². The maximum Gasteiger partial charge on any atom is 0.287 e. The van der Waals surface area contributed by atoms with Gasteiger partial charge in [0.1, 0.15) is 17.8 Å². The Morgan fingerprint density at radius 3 is 2.62 bits per heavy atom. The van der Waals surface area contributed by atoms with Crippen LogP contribution in [0, 0.1) is 22.9 Å². The van der Waals surface area contributed by atoms with Gasteiger partial charge in [0.15, 0.2) is 0 Å². The molecule has 1 heterocycles. The van der Waals surface area contributed by atoms with Gasteiger partial charge >= 0.3 is 0 Å². The summed E-state index contributed by atoms with van der Waals surface area (Å²) in [7, 11) is 0. The van der Waals surface area contributed by atoms with Gasteiger partial charge in [-0.3, -0.25) is 10.1 Å². The molecule has 110 valence electrons. The Bertz CT molecular complexity index is 644. The summed E-state index contributed by atoms with van der Waals surface area (Å²) in [6, 6.07) is 7.89. The zero-order valence-electron chi connectivity index (χ0n) is 11.8. The number of aryl methyl sites for hydroxylation is 1. The summed E-state index contributed by atoms with van der Waals surface area (Å²) in [5.41, 5.74) is 1.70. The van der Waals surface area contributed by atoms with Crippen LogP contribution in [0.5, 0.6) is 0 Å². The fourth-order valence-electron chi connectivity index (χ4n) is 2.07. The number of rotatable bonds is 5. The van der Waals surface area contributed by atoms with Crippen LogP contribution in [-0.2, 0) is 6.42 Å². The second kappa shape index (κ2) is 6.30. The molecular weight excluding hydrogens is 273 g/mol. The Morgan fingerprint density at radius 2 is 2.05 bits per heavy atom. The Labute approximate surface area is 122 Å². The summed E-state index contributed by atoms with van der Waals surface area (Å²) in [6.45, 7) is 3.75. The lowest BCUT2D eigenvalue weighted by Gasteiger charge is -2.16. The van der Waals surface area contributed by atoms with E-state index in [9.17, 15) is 14.5 Å². The molecule has 5 nitrogen and oxygen atoms in total. The van der Waals surface area contributed by atoms with E-state index >= 15 is 0 Å². The van der Waals surface area contributed by atoms with E-state index in [2.05, 4.69) is 10.3 Å². The third kappa shape index (κ3) is 3.98. The molecule has 0 aliphatic heterocycles. The number of hydrogen-bond acceptors (Lipinski definition) is 4. The van der Waals surface area contributed by atoms with Crippen molar-refractivity contribution < 1.29 is 9.31 Å². The van der Waals surface area contributed by atoms with Crippen molar-refractivity contribution >= 4 is 11.5 Å². The molecular formula is C15H16FN3O2. The van der Waals surface area contributed by atoms with Gasteiger partial charge in [-0.1, -0.05) is 12.1 Å². The summed E-state index contributed by atoms with van der Waals surface area (Å²) in [6.07, 6.45) is 1.94. The number of halogens is 1. The van der Waals surface area contributed by atoms with Crippen LogP contribution in [0.2, 0.25) is 0 Å². The molecule has 0 radical (unpaired) electrons. The SMILES string of the molecule is Cc1cc([N+](=O)[O-])cnc1NC(C)Cc1ccc(F)cc1. The predicted molar refractivity (Wildman–Crippen MR) is 78.8 cm³/mol. The molecule has 0 bridgehead atoms. The number of anilines is 1. The molecule has 1 atom stereocenters. The molecule has 0 fully saturated rings. The number of aromatic nitrogens is 1. The molecule has 1 N–H and O–H groups in total. The van der Waals surface area contributed by atoms with Crippen LogP contribution in [0.1, 0.15) is 18.1 Å². The quantitative estimate of drug-likeness (QED) is 0.676. The van der Waals surface area contributed by atoms with Crippen molar-refractivity contribution in [1.29, 1.82) is 0 Å². The van der Waals surface area contributed by atoms with Crippen molar-refractivity contribution in [2.75, 3.05) is 5.32 Å². The van der Waals surface area contributed by atoms with E-state index in [4.69, 9.17) is 0 Å². The monoisotopic (exact) mass is 289 g/mol. The van der Waals surface area contributed by atoms with E-state index in [-0.39, 0.29) is 17.5 Å². The Hall–Kier alpha value is -2.50. The van der Waals surface area contributed by atoms with Crippen LogP contribution < -0.4 is 5.32 Å². The molecule has 0 spiro atoms. The Morgan fingerprint density at radius 1 is 1.38 bits per heavy atom. The van der Waals surface area contributed by atoms with Crippen LogP contribution >= 0.6 is 0 Å². The minimum atomic E-state index is -0.467. The first kappa shape index (κ1) is 14.9. The molecule has 0 aliphatic carbocycles. The van der Waals surface area contributed by atoms with E-state index in [1.807, 2.05) is 6.92 Å². The van der Waals surface area contributed by atoms with E-state index in [0.717, 1.165) is 11.1 Å². The van der Waals surface area contributed by atoms with E-state index in [0.29, 0.717) is 12.2 Å². The van der Waals surface area contributed by atoms with E-state index < -0.39 is 4.92 Å². The van der Waals surface area contributed by atoms with E-state index in [1.165, 1.54) is 24.4 Å². The standard InChI is InChI=1S/C15H16FN3O2/c1-10-7-14(19(20)21)9-17-15(10)18-11(2)8-12-3-5-13(16)6-4-12/h3-7,9,11H,8H2,1-2H3,(H,17,18). The van der Waals surface area contributed by atoms with Gasteiger partial charge in [-0.15, -0.1) is 0 Å². The number of nitrogens with one attached hydrogen (secondary N) is 1. The number of benzene rings is 1. The fourth-order valence-corrected chi connectivity index (χ4v) is 2.07. The molecule has 0 saturated heterocycles. The molecule has 1 unspecified atom stereocenters. The maximum atomic E-state index is 12.8. The molecule has 21 heavy (non-hydrogen) atoms. The summed E-state index contributed by atoms with van der Waals surface area (Å²) < 4.78 is 12.8. The fraction of sp³-hybridized carbons (Fsp3) is 0.267. The molecule has 6 heteroatoms. The lowest BCUT2D eigenvalue weighted by atomic mass is 10.1. The molecule has 1 aromatic heterocycles. The lowest BCUT2D eigenvalue weighted by molar-refractivity contribution is -0.385. The molecule has 2 rings (SSSR count). The summed E-state index contributed by atoms with van der Waals surface area (Å²) in [5.74, 6) is 0.363. The molecule has 0 aliphatic rings. The zero-order valence-corrected chi connectivity index (χ0v) is 11.8. The maximum absolute atomic E-state index is 12.8. The first-order valence-corrected chi connectivity index (χ1v) is 6.57. The average molecular weight is 289 g/mol. The largest absolute Gasteiger partial charge is 0.367 e. The smallest absolute Gasteiger partial charge is 0.287 e. The van der Waals surface area contributed by atoms with Crippen LogP contribution in [0.25, 0.3) is 0 Å². The second-order valence-electron chi connectivity index (χ2n) is 4.99. The normalized spacial score (nSPS) is 12.0. The van der Waals surface area contributed by atoms with Gasteiger partial charge in [0.25, 0.3) is 5.69 Å². The number of nitrogens with zero attached hydrogens (tertiary/aromatic N) is 2. The molecule has 1 aromatic carbocycles. The average Bonchev–Trinajstić information content (AvgIpc) is 2.43. The predicted octanol–water partition coefficient (Wildman–Crippen LogP) is 3.48. The minimum absolute atomic E-state index is 0.0239. The van der Waals surface area contributed by atoms with Gasteiger partial charge in [0, 0.05) is 12.1 Å².